The Kier molecular flexibility index (Phi) is 3.17. The van der Waals surface area contributed by atoms with Gasteiger partial charge >= 0.3 is 0 Å². The van der Waals surface area contributed by atoms with E-state index in [1.54, 1.807) is 30.8 Å². The summed E-state index contributed by atoms with van der Waals surface area (Å²) in [6.45, 7) is 1.79. The molecule has 2 radical (unpaired) electrons. The fourth-order valence-electron chi connectivity index (χ4n) is 2.01. The Morgan fingerprint density at radius 3 is 2.81 bits per heavy atom. The summed E-state index contributed by atoms with van der Waals surface area (Å²) in [5.74, 6) is 0.0809. The number of hydrogen-bond donors (Lipinski definition) is 1. The van der Waals surface area contributed by atoms with Crippen LogP contribution in [-0.2, 0) is 7.05 Å². The molecule has 0 unspecified atom stereocenters. The lowest BCUT2D eigenvalue weighted by Gasteiger charge is -2.04. The van der Waals surface area contributed by atoms with E-state index in [1.165, 1.54) is 0 Å². The number of pyridine rings is 2. The third-order valence-electron chi connectivity index (χ3n) is 3.34. The number of carbonyl (C=O) groups excluding carboxylic acids is 1. The number of nitrogens with zero attached hydrogens (tertiary/aromatic N) is 4. The van der Waals surface area contributed by atoms with Crippen molar-refractivity contribution in [3.05, 3.63) is 41.9 Å². The summed E-state index contributed by atoms with van der Waals surface area (Å²) in [5, 5.41) is 3.62. The maximum Gasteiger partial charge on any atom is 0.277 e. The number of amides is 1. The van der Waals surface area contributed by atoms with E-state index in [2.05, 4.69) is 20.3 Å². The lowest BCUT2D eigenvalue weighted by atomic mass is 10.1. The lowest BCUT2D eigenvalue weighted by molar-refractivity contribution is 0.102. The van der Waals surface area contributed by atoms with Gasteiger partial charge in [0.2, 0.25) is 0 Å². The van der Waals surface area contributed by atoms with Gasteiger partial charge in [0.25, 0.3) is 5.91 Å². The first-order chi connectivity index (χ1) is 10.1. The summed E-state index contributed by atoms with van der Waals surface area (Å²) in [4.78, 5) is 24.7. The smallest absolute Gasteiger partial charge is 0.277 e. The van der Waals surface area contributed by atoms with E-state index in [0.29, 0.717) is 22.9 Å². The van der Waals surface area contributed by atoms with Crippen molar-refractivity contribution in [2.75, 3.05) is 5.32 Å². The molecule has 1 amide bonds. The van der Waals surface area contributed by atoms with E-state index in [9.17, 15) is 4.79 Å². The summed E-state index contributed by atoms with van der Waals surface area (Å²) in [5.41, 5.74) is 1.86. The molecule has 0 saturated carbocycles. The van der Waals surface area contributed by atoms with Crippen LogP contribution in [0, 0.1) is 6.92 Å². The molecular weight excluding hydrogens is 265 g/mol. The number of hydrogen-bond acceptors (Lipinski definition) is 4. The normalized spacial score (nSPS) is 10.8. The van der Waals surface area contributed by atoms with Crippen molar-refractivity contribution in [2.24, 2.45) is 7.05 Å². The van der Waals surface area contributed by atoms with E-state index in [1.807, 2.05) is 18.2 Å². The van der Waals surface area contributed by atoms with Crippen LogP contribution in [0.25, 0.3) is 11.0 Å². The predicted octanol–water partition coefficient (Wildman–Crippen LogP) is 0.718. The molecule has 7 heteroatoms. The highest BCUT2D eigenvalue weighted by molar-refractivity contribution is 6.29. The first-order valence-electron chi connectivity index (χ1n) is 6.38. The van der Waals surface area contributed by atoms with Gasteiger partial charge in [-0.05, 0) is 31.2 Å². The van der Waals surface area contributed by atoms with Gasteiger partial charge in [0.05, 0.1) is 5.72 Å². The van der Waals surface area contributed by atoms with Gasteiger partial charge in [-0.25, -0.2) is 15.0 Å². The van der Waals surface area contributed by atoms with Crippen molar-refractivity contribution in [1.82, 2.24) is 19.5 Å². The molecule has 3 aromatic heterocycles. The molecule has 21 heavy (non-hydrogen) atoms. The Labute approximate surface area is 122 Å². The van der Waals surface area contributed by atoms with Crippen molar-refractivity contribution in [3.8, 4) is 0 Å². The van der Waals surface area contributed by atoms with E-state index in [-0.39, 0.29) is 11.6 Å². The summed E-state index contributed by atoms with van der Waals surface area (Å²) in [6.07, 6.45) is 1.66. The number of nitrogens with one attached hydrogen (secondary N) is 1. The first kappa shape index (κ1) is 13.3. The van der Waals surface area contributed by atoms with Gasteiger partial charge in [-0.1, -0.05) is 0 Å². The van der Waals surface area contributed by atoms with Crippen molar-refractivity contribution in [3.63, 3.8) is 0 Å². The fourth-order valence-corrected chi connectivity index (χ4v) is 2.01. The second kappa shape index (κ2) is 5.01. The number of rotatable bonds is 2. The number of anilines is 1. The van der Waals surface area contributed by atoms with Crippen LogP contribution >= 0.6 is 0 Å². The van der Waals surface area contributed by atoms with Crippen LogP contribution in [-0.4, -0.2) is 33.3 Å². The van der Waals surface area contributed by atoms with Gasteiger partial charge < -0.3 is 9.88 Å². The van der Waals surface area contributed by atoms with Crippen LogP contribution in [0.3, 0.4) is 0 Å². The molecule has 6 nitrogen and oxygen atoms in total. The fraction of sp³-hybridized carbons (Fsp3) is 0.143. The van der Waals surface area contributed by atoms with Crippen LogP contribution in [0.1, 0.15) is 16.2 Å². The van der Waals surface area contributed by atoms with E-state index in [4.69, 9.17) is 7.85 Å². The topological polar surface area (TPSA) is 72.7 Å². The van der Waals surface area contributed by atoms with Crippen molar-refractivity contribution < 1.29 is 4.79 Å². The summed E-state index contributed by atoms with van der Waals surface area (Å²) in [7, 11) is 7.45. The monoisotopic (exact) mass is 277 g/mol. The molecule has 0 fully saturated rings. The maximum atomic E-state index is 12.2. The van der Waals surface area contributed by atoms with Gasteiger partial charge in [-0.3, -0.25) is 4.79 Å². The molecule has 1 N–H and O–H groups in total. The number of carbonyl (C=O) groups is 1. The quantitative estimate of drug-likeness (QED) is 0.700. The Balaban J connectivity index is 1.90. The Morgan fingerprint density at radius 1 is 1.29 bits per heavy atom. The highest BCUT2D eigenvalue weighted by atomic mass is 16.2. The Bertz CT molecular complexity index is 842. The zero-order valence-electron chi connectivity index (χ0n) is 11.7. The zero-order chi connectivity index (χ0) is 15.0. The number of aromatic nitrogens is 4. The number of imidazole rings is 1. The van der Waals surface area contributed by atoms with E-state index < -0.39 is 0 Å². The minimum absolute atomic E-state index is 0.290. The third kappa shape index (κ3) is 2.38. The van der Waals surface area contributed by atoms with Gasteiger partial charge in [0.1, 0.15) is 11.5 Å². The van der Waals surface area contributed by atoms with E-state index in [0.717, 1.165) is 5.39 Å². The van der Waals surface area contributed by atoms with Crippen molar-refractivity contribution in [1.29, 1.82) is 0 Å². The molecular formula is C14H12BN5O. The summed E-state index contributed by atoms with van der Waals surface area (Å²) < 4.78 is 1.66. The van der Waals surface area contributed by atoms with Gasteiger partial charge in [0.15, 0.2) is 13.5 Å². The average Bonchev–Trinajstić information content (AvgIpc) is 2.75. The molecule has 0 spiro atoms. The zero-order valence-corrected chi connectivity index (χ0v) is 11.7. The molecule has 102 valence electrons. The molecule has 0 bridgehead atoms. The van der Waals surface area contributed by atoms with Crippen molar-refractivity contribution >= 4 is 36.3 Å². The maximum absolute atomic E-state index is 12.2. The minimum Gasteiger partial charge on any atom is -0.344 e. The second-order valence-corrected chi connectivity index (χ2v) is 4.66. The molecule has 0 atom stereocenters. The molecule has 3 heterocycles. The molecule has 0 aromatic carbocycles. The van der Waals surface area contributed by atoms with Gasteiger partial charge in [-0.2, -0.15) is 0 Å². The summed E-state index contributed by atoms with van der Waals surface area (Å²) >= 11 is 0. The summed E-state index contributed by atoms with van der Waals surface area (Å²) in [6, 6.07) is 7.32. The molecule has 3 aromatic rings. The van der Waals surface area contributed by atoms with Crippen molar-refractivity contribution in [2.45, 2.75) is 6.92 Å². The minimum atomic E-state index is -0.345. The van der Waals surface area contributed by atoms with Crippen LogP contribution in [0.5, 0.6) is 0 Å². The average molecular weight is 277 g/mol. The molecule has 0 aliphatic rings. The molecule has 3 rings (SSSR count). The molecule has 0 aliphatic heterocycles. The van der Waals surface area contributed by atoms with Crippen LogP contribution in [0.2, 0.25) is 0 Å². The lowest BCUT2D eigenvalue weighted by Crippen LogP contribution is -2.17. The highest BCUT2D eigenvalue weighted by Crippen LogP contribution is 2.13. The van der Waals surface area contributed by atoms with Crippen LogP contribution in [0.4, 0.5) is 5.82 Å². The van der Waals surface area contributed by atoms with E-state index >= 15 is 0 Å². The predicted molar refractivity (Wildman–Crippen MR) is 80.8 cm³/mol. The Hall–Kier alpha value is -2.70. The standard InChI is InChI=1S/C14H12BN5O/c1-8-11(19-14(15)20(8)2)13(21)18-10-6-5-9-4-3-7-16-12(9)17-10/h3-7H,1-2H3,(H,16,17,18,21). The molecule has 0 aliphatic carbocycles. The van der Waals surface area contributed by atoms with Crippen LogP contribution in [0.15, 0.2) is 30.5 Å². The number of fused-ring (bicyclic) bond motifs is 1. The second-order valence-electron chi connectivity index (χ2n) is 4.66. The third-order valence-corrected chi connectivity index (χ3v) is 3.34. The Morgan fingerprint density at radius 2 is 2.10 bits per heavy atom. The first-order valence-corrected chi connectivity index (χ1v) is 6.38. The highest BCUT2D eigenvalue weighted by Gasteiger charge is 2.16. The largest absolute Gasteiger partial charge is 0.344 e. The van der Waals surface area contributed by atoms with Gasteiger partial charge in [-0.15, -0.1) is 0 Å². The van der Waals surface area contributed by atoms with Crippen LogP contribution < -0.4 is 11.0 Å². The molecule has 0 saturated heterocycles. The van der Waals surface area contributed by atoms with Gasteiger partial charge in [0, 0.05) is 24.3 Å². The SMILES string of the molecule is [B]c1nc(C(=O)Nc2ccc3cccnc3n2)c(C)n1C.